The second kappa shape index (κ2) is 9.32. The van der Waals surface area contributed by atoms with Crippen molar-refractivity contribution in [2.24, 2.45) is 0 Å². The van der Waals surface area contributed by atoms with Gasteiger partial charge in [0.05, 0.1) is 32.8 Å². The van der Waals surface area contributed by atoms with E-state index in [1.54, 1.807) is 26.5 Å². The molecule has 0 saturated carbocycles. The topological polar surface area (TPSA) is 91.4 Å². The van der Waals surface area contributed by atoms with Gasteiger partial charge in [0.25, 0.3) is 0 Å². The Morgan fingerprint density at radius 3 is 2.71 bits per heavy atom. The Bertz CT molecular complexity index is 924. The Morgan fingerprint density at radius 2 is 2.04 bits per heavy atom. The molecule has 0 radical (unpaired) electrons. The molecule has 0 aliphatic heterocycles. The second-order valence-electron chi connectivity index (χ2n) is 5.76. The smallest absolute Gasteiger partial charge is 0.230 e. The fraction of sp³-hybridized carbons (Fsp3) is 0.316. The number of amides is 1. The van der Waals surface area contributed by atoms with Crippen LogP contribution in [0.2, 0.25) is 0 Å². The number of hydrogen-bond donors (Lipinski definition) is 1. The Labute approximate surface area is 167 Å². The van der Waals surface area contributed by atoms with E-state index < -0.39 is 0 Å². The summed E-state index contributed by atoms with van der Waals surface area (Å²) in [5, 5.41) is 12.0. The van der Waals surface area contributed by atoms with Crippen LogP contribution in [0.4, 0.5) is 0 Å². The number of nitrogens with zero attached hydrogens (tertiary/aromatic N) is 3. The summed E-state index contributed by atoms with van der Waals surface area (Å²) in [6.45, 7) is 3.05. The average Bonchev–Trinajstić information content (AvgIpc) is 3.39. The van der Waals surface area contributed by atoms with Crippen molar-refractivity contribution in [2.75, 3.05) is 20.0 Å². The summed E-state index contributed by atoms with van der Waals surface area (Å²) >= 11 is 1.34. The van der Waals surface area contributed by atoms with E-state index in [4.69, 9.17) is 13.9 Å². The normalized spacial score (nSPS) is 10.7. The Hall–Kier alpha value is -2.94. The number of rotatable bonds is 9. The van der Waals surface area contributed by atoms with Crippen molar-refractivity contribution in [3.8, 4) is 22.9 Å². The highest BCUT2D eigenvalue weighted by atomic mass is 32.2. The molecule has 0 aliphatic rings. The molecule has 3 rings (SSSR count). The van der Waals surface area contributed by atoms with Gasteiger partial charge >= 0.3 is 0 Å². The monoisotopic (exact) mass is 402 g/mol. The number of methoxy groups -OCH3 is 2. The maximum Gasteiger partial charge on any atom is 0.230 e. The molecule has 148 valence electrons. The lowest BCUT2D eigenvalue weighted by Crippen LogP contribution is -2.24. The van der Waals surface area contributed by atoms with E-state index in [0.29, 0.717) is 41.3 Å². The maximum atomic E-state index is 12.1. The third-order valence-electron chi connectivity index (χ3n) is 4.05. The minimum Gasteiger partial charge on any atom is -0.493 e. The first kappa shape index (κ1) is 19.8. The molecule has 1 aromatic carbocycles. The predicted octanol–water partition coefficient (Wildman–Crippen LogP) is 2.98. The van der Waals surface area contributed by atoms with Crippen LogP contribution in [0.15, 0.2) is 46.2 Å². The van der Waals surface area contributed by atoms with Gasteiger partial charge in [-0.1, -0.05) is 11.8 Å². The summed E-state index contributed by atoms with van der Waals surface area (Å²) in [4.78, 5) is 12.1. The van der Waals surface area contributed by atoms with Crippen LogP contribution in [0.5, 0.6) is 11.5 Å². The molecule has 0 unspecified atom stereocenters. The molecular formula is C19H22N4O4S. The van der Waals surface area contributed by atoms with Crippen LogP contribution in [0.3, 0.4) is 0 Å². The van der Waals surface area contributed by atoms with Gasteiger partial charge in [-0.2, -0.15) is 0 Å². The van der Waals surface area contributed by atoms with E-state index in [2.05, 4.69) is 15.5 Å². The zero-order valence-electron chi connectivity index (χ0n) is 16.0. The highest BCUT2D eigenvalue weighted by Crippen LogP contribution is 2.32. The Balaban J connectivity index is 1.69. The molecule has 0 fully saturated rings. The number of nitrogens with one attached hydrogen (secondary N) is 1. The molecule has 0 atom stereocenters. The summed E-state index contributed by atoms with van der Waals surface area (Å²) in [6, 6.07) is 9.20. The molecule has 1 N–H and O–H groups in total. The number of thioether (sulfide) groups is 1. The molecule has 1 amide bonds. The molecule has 0 saturated heterocycles. The van der Waals surface area contributed by atoms with E-state index in [9.17, 15) is 4.79 Å². The van der Waals surface area contributed by atoms with Crippen LogP contribution >= 0.6 is 11.8 Å². The van der Waals surface area contributed by atoms with E-state index in [1.165, 1.54) is 11.8 Å². The quantitative estimate of drug-likeness (QED) is 0.550. The van der Waals surface area contributed by atoms with Crippen molar-refractivity contribution >= 4 is 17.7 Å². The van der Waals surface area contributed by atoms with Gasteiger partial charge in [-0.25, -0.2) is 0 Å². The van der Waals surface area contributed by atoms with E-state index >= 15 is 0 Å². The Morgan fingerprint density at radius 1 is 1.21 bits per heavy atom. The number of carbonyl (C=O) groups is 1. The van der Waals surface area contributed by atoms with Crippen molar-refractivity contribution in [3.63, 3.8) is 0 Å². The van der Waals surface area contributed by atoms with E-state index in [0.717, 1.165) is 5.56 Å². The molecule has 0 spiro atoms. The lowest BCUT2D eigenvalue weighted by molar-refractivity contribution is -0.118. The fourth-order valence-corrected chi connectivity index (χ4v) is 3.48. The second-order valence-corrected chi connectivity index (χ2v) is 6.71. The van der Waals surface area contributed by atoms with Gasteiger partial charge in [0.1, 0.15) is 5.76 Å². The van der Waals surface area contributed by atoms with Crippen LogP contribution in [-0.4, -0.2) is 40.6 Å². The number of benzene rings is 1. The minimum atomic E-state index is -0.0975. The third-order valence-corrected chi connectivity index (χ3v) is 5.01. The molecule has 2 aromatic heterocycles. The van der Waals surface area contributed by atoms with E-state index in [-0.39, 0.29) is 11.7 Å². The molecule has 0 bridgehead atoms. The highest BCUT2D eigenvalue weighted by molar-refractivity contribution is 7.99. The summed E-state index contributed by atoms with van der Waals surface area (Å²) < 4.78 is 17.8. The van der Waals surface area contributed by atoms with Crippen LogP contribution in [0, 0.1) is 0 Å². The molecule has 3 aromatic rings. The number of furan rings is 1. The molecule has 28 heavy (non-hydrogen) atoms. The van der Waals surface area contributed by atoms with Crippen LogP contribution in [-0.2, 0) is 17.9 Å². The van der Waals surface area contributed by atoms with Crippen molar-refractivity contribution in [1.29, 1.82) is 0 Å². The first-order valence-corrected chi connectivity index (χ1v) is 9.72. The van der Waals surface area contributed by atoms with Gasteiger partial charge in [0.15, 0.2) is 22.5 Å². The lowest BCUT2D eigenvalue weighted by Gasteiger charge is -2.11. The largest absolute Gasteiger partial charge is 0.493 e. The van der Waals surface area contributed by atoms with Gasteiger partial charge in [-0.05, 0) is 37.3 Å². The van der Waals surface area contributed by atoms with Gasteiger partial charge in [-0.3, -0.25) is 4.79 Å². The van der Waals surface area contributed by atoms with Crippen LogP contribution < -0.4 is 14.8 Å². The number of hydrogen-bond acceptors (Lipinski definition) is 7. The number of aromatic nitrogens is 3. The zero-order valence-corrected chi connectivity index (χ0v) is 16.8. The predicted molar refractivity (Wildman–Crippen MR) is 106 cm³/mol. The van der Waals surface area contributed by atoms with Crippen molar-refractivity contribution in [2.45, 2.75) is 25.2 Å². The molecule has 0 aliphatic carbocycles. The zero-order chi connectivity index (χ0) is 19.9. The molecule has 2 heterocycles. The summed E-state index contributed by atoms with van der Waals surface area (Å²) in [5.41, 5.74) is 0.862. The van der Waals surface area contributed by atoms with E-state index in [1.807, 2.05) is 35.8 Å². The third kappa shape index (κ3) is 4.48. The van der Waals surface area contributed by atoms with Gasteiger partial charge in [-0.15, -0.1) is 10.2 Å². The van der Waals surface area contributed by atoms with Crippen LogP contribution in [0.25, 0.3) is 11.4 Å². The molecular weight excluding hydrogens is 380 g/mol. The van der Waals surface area contributed by atoms with Crippen molar-refractivity contribution < 1.29 is 18.7 Å². The molecule has 8 nitrogen and oxygen atoms in total. The maximum absolute atomic E-state index is 12.1. The number of ether oxygens (including phenoxy) is 2. The average molecular weight is 402 g/mol. The SMILES string of the molecule is CCn1c(SCC(=O)NCc2ccco2)nnc1-c1ccc(OC)c(OC)c1. The Kier molecular flexibility index (Phi) is 6.59. The summed E-state index contributed by atoms with van der Waals surface area (Å²) in [5.74, 6) is 2.84. The van der Waals surface area contributed by atoms with Gasteiger partial charge in [0, 0.05) is 12.1 Å². The summed E-state index contributed by atoms with van der Waals surface area (Å²) in [7, 11) is 3.19. The van der Waals surface area contributed by atoms with Crippen molar-refractivity contribution in [3.05, 3.63) is 42.4 Å². The lowest BCUT2D eigenvalue weighted by atomic mass is 10.2. The van der Waals surface area contributed by atoms with Gasteiger partial charge < -0.3 is 23.8 Å². The minimum absolute atomic E-state index is 0.0975. The highest BCUT2D eigenvalue weighted by Gasteiger charge is 2.16. The standard InChI is InChI=1S/C19H22N4O4S/c1-4-23-18(13-7-8-15(25-2)16(10-13)26-3)21-22-19(23)28-12-17(24)20-11-14-6-5-9-27-14/h5-10H,4,11-12H2,1-3H3,(H,20,24). The molecule has 9 heteroatoms. The fourth-order valence-electron chi connectivity index (χ4n) is 2.65. The first-order chi connectivity index (χ1) is 13.7. The number of carbonyl (C=O) groups excluding carboxylic acids is 1. The van der Waals surface area contributed by atoms with Crippen LogP contribution in [0.1, 0.15) is 12.7 Å². The summed E-state index contributed by atoms with van der Waals surface area (Å²) in [6.07, 6.45) is 1.58. The first-order valence-electron chi connectivity index (χ1n) is 8.73. The van der Waals surface area contributed by atoms with Crippen molar-refractivity contribution in [1.82, 2.24) is 20.1 Å². The van der Waals surface area contributed by atoms with Gasteiger partial charge in [0.2, 0.25) is 5.91 Å².